The predicted octanol–water partition coefficient (Wildman–Crippen LogP) is 4.54. The summed E-state index contributed by atoms with van der Waals surface area (Å²) in [4.78, 5) is 18.8. The highest BCUT2D eigenvalue weighted by molar-refractivity contribution is 8.01. The van der Waals surface area contributed by atoms with Gasteiger partial charge in [0, 0.05) is 24.7 Å². The minimum Gasteiger partial charge on any atom is -0.331 e. The van der Waals surface area contributed by atoms with Crippen LogP contribution in [0.3, 0.4) is 0 Å². The van der Waals surface area contributed by atoms with Crippen molar-refractivity contribution in [2.45, 2.75) is 9.24 Å². The quantitative estimate of drug-likeness (QED) is 0.767. The first-order valence-corrected chi connectivity index (χ1v) is 8.37. The molecule has 0 spiro atoms. The zero-order chi connectivity index (χ0) is 15.5. The monoisotopic (exact) mass is 329 g/mol. The molecule has 0 saturated carbocycles. The molecule has 1 aromatic heterocycles. The fourth-order valence-electron chi connectivity index (χ4n) is 1.84. The van der Waals surface area contributed by atoms with E-state index in [-0.39, 0.29) is 6.03 Å². The molecule has 2 aromatic carbocycles. The maximum absolute atomic E-state index is 11.6. The molecule has 4 nitrogen and oxygen atoms in total. The maximum Gasteiger partial charge on any atom is 0.321 e. The molecular formula is C16H15N3OS2. The van der Waals surface area contributed by atoms with Crippen LogP contribution in [0.4, 0.5) is 10.5 Å². The fraction of sp³-hybridized carbons (Fsp3) is 0.125. The normalized spacial score (nSPS) is 10.6. The van der Waals surface area contributed by atoms with Crippen LogP contribution in [0.5, 0.6) is 0 Å². The number of aromatic nitrogens is 1. The van der Waals surface area contributed by atoms with Gasteiger partial charge in [-0.05, 0) is 36.4 Å². The number of thiazole rings is 1. The van der Waals surface area contributed by atoms with Gasteiger partial charge >= 0.3 is 6.03 Å². The number of fused-ring (bicyclic) bond motifs is 1. The molecule has 0 fully saturated rings. The van der Waals surface area contributed by atoms with Crippen LogP contribution in [0.1, 0.15) is 0 Å². The molecule has 1 N–H and O–H groups in total. The average molecular weight is 329 g/mol. The van der Waals surface area contributed by atoms with E-state index in [0.717, 1.165) is 20.4 Å². The van der Waals surface area contributed by atoms with Crippen LogP contribution in [0, 0.1) is 0 Å². The minimum absolute atomic E-state index is 0.133. The molecule has 112 valence electrons. The van der Waals surface area contributed by atoms with Crippen molar-refractivity contribution in [3.8, 4) is 0 Å². The van der Waals surface area contributed by atoms with Gasteiger partial charge < -0.3 is 10.2 Å². The summed E-state index contributed by atoms with van der Waals surface area (Å²) in [6.07, 6.45) is 0. The van der Waals surface area contributed by atoms with E-state index in [1.54, 1.807) is 37.2 Å². The van der Waals surface area contributed by atoms with Crippen molar-refractivity contribution in [3.05, 3.63) is 48.5 Å². The number of anilines is 1. The third-order valence-electron chi connectivity index (χ3n) is 2.99. The van der Waals surface area contributed by atoms with E-state index in [2.05, 4.69) is 16.4 Å². The van der Waals surface area contributed by atoms with Crippen molar-refractivity contribution in [1.82, 2.24) is 9.88 Å². The second kappa shape index (κ2) is 6.37. The van der Waals surface area contributed by atoms with Crippen molar-refractivity contribution in [2.24, 2.45) is 0 Å². The standard InChI is InChI=1S/C16H15N3OS2/c1-19(2)15(20)17-11-7-9-12(10-8-11)21-16-18-13-5-3-4-6-14(13)22-16/h3-10H,1-2H3,(H,17,20). The van der Waals surface area contributed by atoms with E-state index in [9.17, 15) is 4.79 Å². The zero-order valence-corrected chi connectivity index (χ0v) is 13.9. The second-order valence-electron chi connectivity index (χ2n) is 4.90. The summed E-state index contributed by atoms with van der Waals surface area (Å²) in [7, 11) is 3.43. The van der Waals surface area contributed by atoms with Crippen LogP contribution >= 0.6 is 23.1 Å². The Morgan fingerprint density at radius 3 is 2.55 bits per heavy atom. The van der Waals surface area contributed by atoms with Crippen LogP contribution in [-0.2, 0) is 0 Å². The summed E-state index contributed by atoms with van der Waals surface area (Å²) in [5.41, 5.74) is 1.82. The lowest BCUT2D eigenvalue weighted by Crippen LogP contribution is -2.27. The van der Waals surface area contributed by atoms with E-state index in [4.69, 9.17) is 0 Å². The number of para-hydroxylation sites is 1. The highest BCUT2D eigenvalue weighted by atomic mass is 32.2. The number of hydrogen-bond acceptors (Lipinski definition) is 4. The van der Waals surface area contributed by atoms with Gasteiger partial charge in [0.2, 0.25) is 0 Å². The van der Waals surface area contributed by atoms with Gasteiger partial charge in [-0.1, -0.05) is 23.9 Å². The maximum atomic E-state index is 11.6. The van der Waals surface area contributed by atoms with Gasteiger partial charge in [-0.15, -0.1) is 11.3 Å². The second-order valence-corrected chi connectivity index (χ2v) is 7.25. The van der Waals surface area contributed by atoms with Crippen LogP contribution in [0.15, 0.2) is 57.8 Å². The van der Waals surface area contributed by atoms with Gasteiger partial charge in [-0.25, -0.2) is 9.78 Å². The van der Waals surface area contributed by atoms with Crippen LogP contribution < -0.4 is 5.32 Å². The Morgan fingerprint density at radius 1 is 1.14 bits per heavy atom. The number of rotatable bonds is 3. The lowest BCUT2D eigenvalue weighted by atomic mass is 10.3. The molecule has 0 aliphatic heterocycles. The Kier molecular flexibility index (Phi) is 4.31. The molecule has 22 heavy (non-hydrogen) atoms. The topological polar surface area (TPSA) is 45.2 Å². The van der Waals surface area contributed by atoms with Gasteiger partial charge in [-0.3, -0.25) is 0 Å². The van der Waals surface area contributed by atoms with Gasteiger partial charge in [0.05, 0.1) is 10.2 Å². The number of carbonyl (C=O) groups is 1. The molecule has 1 heterocycles. The number of hydrogen-bond donors (Lipinski definition) is 1. The lowest BCUT2D eigenvalue weighted by molar-refractivity contribution is 0.230. The Balaban J connectivity index is 1.71. The third kappa shape index (κ3) is 3.40. The van der Waals surface area contributed by atoms with Crippen molar-refractivity contribution >= 4 is 45.0 Å². The van der Waals surface area contributed by atoms with E-state index in [1.807, 2.05) is 42.5 Å². The highest BCUT2D eigenvalue weighted by Gasteiger charge is 2.06. The molecule has 0 aliphatic rings. The fourth-order valence-corrected chi connectivity index (χ4v) is 3.88. The number of nitrogens with zero attached hydrogens (tertiary/aromatic N) is 2. The van der Waals surface area contributed by atoms with Crippen LogP contribution in [-0.4, -0.2) is 30.0 Å². The molecule has 0 bridgehead atoms. The molecule has 0 unspecified atom stereocenters. The van der Waals surface area contributed by atoms with Gasteiger partial charge in [0.15, 0.2) is 4.34 Å². The molecular weight excluding hydrogens is 314 g/mol. The first-order chi connectivity index (χ1) is 10.6. The van der Waals surface area contributed by atoms with Crippen LogP contribution in [0.25, 0.3) is 10.2 Å². The van der Waals surface area contributed by atoms with E-state index in [1.165, 1.54) is 9.60 Å². The van der Waals surface area contributed by atoms with Crippen LogP contribution in [0.2, 0.25) is 0 Å². The largest absolute Gasteiger partial charge is 0.331 e. The molecule has 3 aromatic rings. The Bertz CT molecular complexity index is 764. The van der Waals surface area contributed by atoms with E-state index < -0.39 is 0 Å². The minimum atomic E-state index is -0.133. The van der Waals surface area contributed by atoms with Crippen molar-refractivity contribution < 1.29 is 4.79 Å². The number of amides is 2. The molecule has 0 aliphatic carbocycles. The summed E-state index contributed by atoms with van der Waals surface area (Å²) in [6, 6.07) is 15.8. The van der Waals surface area contributed by atoms with Crippen molar-refractivity contribution in [3.63, 3.8) is 0 Å². The average Bonchev–Trinajstić information content (AvgIpc) is 2.91. The number of benzene rings is 2. The number of urea groups is 1. The third-order valence-corrected chi connectivity index (χ3v) is 5.10. The zero-order valence-electron chi connectivity index (χ0n) is 12.2. The first-order valence-electron chi connectivity index (χ1n) is 6.73. The van der Waals surface area contributed by atoms with Crippen molar-refractivity contribution in [1.29, 1.82) is 0 Å². The smallest absolute Gasteiger partial charge is 0.321 e. The molecule has 3 rings (SSSR count). The molecule has 6 heteroatoms. The summed E-state index contributed by atoms with van der Waals surface area (Å²) in [6.45, 7) is 0. The number of nitrogens with one attached hydrogen (secondary N) is 1. The molecule has 0 radical (unpaired) electrons. The van der Waals surface area contributed by atoms with E-state index >= 15 is 0 Å². The van der Waals surface area contributed by atoms with Gasteiger partial charge in [0.1, 0.15) is 0 Å². The Hall–Kier alpha value is -2.05. The SMILES string of the molecule is CN(C)C(=O)Nc1ccc(Sc2nc3ccccc3s2)cc1. The molecule has 0 saturated heterocycles. The van der Waals surface area contributed by atoms with E-state index in [0.29, 0.717) is 0 Å². The van der Waals surface area contributed by atoms with Crippen molar-refractivity contribution in [2.75, 3.05) is 19.4 Å². The van der Waals surface area contributed by atoms with Gasteiger partial charge in [-0.2, -0.15) is 0 Å². The molecule has 0 atom stereocenters. The number of carbonyl (C=O) groups excluding carboxylic acids is 1. The first kappa shape index (κ1) is 14.9. The predicted molar refractivity (Wildman–Crippen MR) is 92.9 cm³/mol. The summed E-state index contributed by atoms with van der Waals surface area (Å²) >= 11 is 3.32. The Morgan fingerprint density at radius 2 is 1.86 bits per heavy atom. The Labute approximate surface area is 137 Å². The highest BCUT2D eigenvalue weighted by Crippen LogP contribution is 2.34. The summed E-state index contributed by atoms with van der Waals surface area (Å²) in [5, 5.41) is 2.82. The summed E-state index contributed by atoms with van der Waals surface area (Å²) in [5.74, 6) is 0. The summed E-state index contributed by atoms with van der Waals surface area (Å²) < 4.78 is 2.21. The lowest BCUT2D eigenvalue weighted by Gasteiger charge is -2.11. The molecule has 2 amide bonds. The van der Waals surface area contributed by atoms with Gasteiger partial charge in [0.25, 0.3) is 0 Å².